The monoisotopic (exact) mass is 193 g/mol. The lowest BCUT2D eigenvalue weighted by Gasteiger charge is -2.16. The molecule has 76 valence electrons. The molecule has 5 heteroatoms. The van der Waals surface area contributed by atoms with Crippen molar-refractivity contribution in [3.05, 3.63) is 12.2 Å². The fourth-order valence-electron chi connectivity index (χ4n) is 1.00. The molecule has 0 saturated heterocycles. The molecule has 0 aliphatic rings. The number of carboxylic acids is 1. The number of hydrogen-bond acceptors (Lipinski definition) is 2. The molecule has 0 fully saturated rings. The predicted octanol–water partition coefficient (Wildman–Crippen LogP) is 1.60. The van der Waals surface area contributed by atoms with Crippen LogP contribution in [0.2, 0.25) is 0 Å². The highest BCUT2D eigenvalue weighted by Gasteiger charge is 2.18. The molecule has 2 atom stereocenters. The summed E-state index contributed by atoms with van der Waals surface area (Å²) >= 11 is 0. The molecule has 0 saturated carbocycles. The van der Waals surface area contributed by atoms with Crippen molar-refractivity contribution in [2.75, 3.05) is 0 Å². The zero-order valence-corrected chi connectivity index (χ0v) is 7.34. The molecule has 0 aliphatic heterocycles. The predicted molar refractivity (Wildman–Crippen MR) is 44.3 cm³/mol. The number of nitrogens with two attached hydrogens (primary N) is 1. The maximum atomic E-state index is 11.8. The minimum absolute atomic E-state index is 0.355. The van der Waals surface area contributed by atoms with Crippen molar-refractivity contribution in [3.63, 3.8) is 0 Å². The van der Waals surface area contributed by atoms with Crippen LogP contribution < -0.4 is 5.73 Å². The molecule has 0 amide bonds. The van der Waals surface area contributed by atoms with Crippen LogP contribution in [0.4, 0.5) is 8.78 Å². The molecular weight excluding hydrogens is 180 g/mol. The van der Waals surface area contributed by atoms with E-state index in [1.165, 1.54) is 0 Å². The lowest BCUT2D eigenvalue weighted by Crippen LogP contribution is -2.29. The second-order valence-corrected chi connectivity index (χ2v) is 2.79. The van der Waals surface area contributed by atoms with Gasteiger partial charge in [-0.25, -0.2) is 0 Å². The van der Waals surface area contributed by atoms with E-state index in [0.29, 0.717) is 12.5 Å². The molecule has 3 nitrogen and oxygen atoms in total. The van der Waals surface area contributed by atoms with Gasteiger partial charge in [0, 0.05) is 12.0 Å². The Balaban J connectivity index is 4.36. The van der Waals surface area contributed by atoms with Gasteiger partial charge in [-0.15, -0.1) is 0 Å². The highest BCUT2D eigenvalue weighted by Crippen LogP contribution is 2.15. The van der Waals surface area contributed by atoms with Crippen LogP contribution in [0.5, 0.6) is 0 Å². The van der Waals surface area contributed by atoms with Crippen LogP contribution in [0.25, 0.3) is 0 Å². The Morgan fingerprint density at radius 2 is 2.15 bits per heavy atom. The van der Waals surface area contributed by atoms with E-state index in [0.717, 1.165) is 0 Å². The van der Waals surface area contributed by atoms with E-state index in [1.807, 2.05) is 0 Å². The summed E-state index contributed by atoms with van der Waals surface area (Å²) in [6.45, 7) is 1.73. The maximum absolute atomic E-state index is 11.8. The van der Waals surface area contributed by atoms with Gasteiger partial charge in [-0.2, -0.15) is 8.78 Å². The number of carbonyl (C=O) groups is 1. The summed E-state index contributed by atoms with van der Waals surface area (Å²) in [6.07, 6.45) is -1.15. The van der Waals surface area contributed by atoms with Crippen molar-refractivity contribution in [2.45, 2.75) is 25.8 Å². The standard InChI is InChI=1S/C8H13F2NO2/c1-2-6(11)5(3-7(9)10)4-8(12)13/h3,5-6H,2,4,11H2,1H3,(H,12,13). The molecule has 0 aromatic carbocycles. The van der Waals surface area contributed by atoms with E-state index in [4.69, 9.17) is 10.8 Å². The normalized spacial score (nSPS) is 14.8. The maximum Gasteiger partial charge on any atom is 0.304 e. The lowest BCUT2D eigenvalue weighted by molar-refractivity contribution is -0.137. The third-order valence-corrected chi connectivity index (χ3v) is 1.77. The smallest absolute Gasteiger partial charge is 0.304 e. The van der Waals surface area contributed by atoms with E-state index in [2.05, 4.69) is 0 Å². The molecule has 0 aromatic rings. The number of rotatable bonds is 5. The summed E-state index contributed by atoms with van der Waals surface area (Å²) in [5.41, 5.74) is 5.47. The Kier molecular flexibility index (Phi) is 5.22. The van der Waals surface area contributed by atoms with Gasteiger partial charge in [-0.1, -0.05) is 6.92 Å². The third kappa shape index (κ3) is 5.30. The van der Waals surface area contributed by atoms with Gasteiger partial charge >= 0.3 is 5.97 Å². The fourth-order valence-corrected chi connectivity index (χ4v) is 1.00. The van der Waals surface area contributed by atoms with Gasteiger partial charge in [0.15, 0.2) is 0 Å². The van der Waals surface area contributed by atoms with Crippen LogP contribution in [0.15, 0.2) is 12.2 Å². The highest BCUT2D eigenvalue weighted by atomic mass is 19.3. The zero-order valence-electron chi connectivity index (χ0n) is 7.34. The minimum atomic E-state index is -1.88. The second-order valence-electron chi connectivity index (χ2n) is 2.79. The van der Waals surface area contributed by atoms with Crippen molar-refractivity contribution >= 4 is 5.97 Å². The third-order valence-electron chi connectivity index (χ3n) is 1.77. The summed E-state index contributed by atoms with van der Waals surface area (Å²) in [7, 11) is 0. The summed E-state index contributed by atoms with van der Waals surface area (Å²) < 4.78 is 23.7. The number of hydrogen-bond donors (Lipinski definition) is 2. The highest BCUT2D eigenvalue weighted by molar-refractivity contribution is 5.67. The fraction of sp³-hybridized carbons (Fsp3) is 0.625. The van der Waals surface area contributed by atoms with Crippen molar-refractivity contribution in [3.8, 4) is 0 Å². The molecule has 0 rings (SSSR count). The first kappa shape index (κ1) is 12.0. The first-order valence-electron chi connectivity index (χ1n) is 3.97. The minimum Gasteiger partial charge on any atom is -0.481 e. The summed E-state index contributed by atoms with van der Waals surface area (Å²) in [5, 5.41) is 8.41. The SMILES string of the molecule is CCC(N)C(C=C(F)F)CC(=O)O. The Bertz CT molecular complexity index is 202. The Labute approximate surface area is 75.2 Å². The summed E-state index contributed by atoms with van der Waals surface area (Å²) in [5.74, 6) is -1.90. The van der Waals surface area contributed by atoms with E-state index >= 15 is 0 Å². The van der Waals surface area contributed by atoms with E-state index in [9.17, 15) is 13.6 Å². The van der Waals surface area contributed by atoms with Gasteiger partial charge in [0.25, 0.3) is 6.08 Å². The van der Waals surface area contributed by atoms with Crippen molar-refractivity contribution in [1.82, 2.24) is 0 Å². The largest absolute Gasteiger partial charge is 0.481 e. The molecule has 0 spiro atoms. The van der Waals surface area contributed by atoms with Crippen LogP contribution in [0.1, 0.15) is 19.8 Å². The molecule has 0 bridgehead atoms. The summed E-state index contributed by atoms with van der Waals surface area (Å²) in [6, 6.07) is -0.530. The molecule has 3 N–H and O–H groups in total. The zero-order chi connectivity index (χ0) is 10.4. The average Bonchev–Trinajstić information content (AvgIpc) is 2.00. The lowest BCUT2D eigenvalue weighted by atomic mass is 9.95. The van der Waals surface area contributed by atoms with Crippen molar-refractivity contribution < 1.29 is 18.7 Å². The van der Waals surface area contributed by atoms with Gasteiger partial charge < -0.3 is 10.8 Å². The van der Waals surface area contributed by atoms with Crippen LogP contribution in [-0.2, 0) is 4.79 Å². The Hall–Kier alpha value is -0.970. The molecule has 0 radical (unpaired) electrons. The molecular formula is C8H13F2NO2. The molecule has 0 heterocycles. The van der Waals surface area contributed by atoms with Crippen LogP contribution in [-0.4, -0.2) is 17.1 Å². The topological polar surface area (TPSA) is 63.3 Å². The first-order valence-corrected chi connectivity index (χ1v) is 3.97. The molecule has 0 aliphatic carbocycles. The van der Waals surface area contributed by atoms with Gasteiger partial charge in [-0.05, 0) is 12.5 Å². The van der Waals surface area contributed by atoms with Crippen LogP contribution in [0, 0.1) is 5.92 Å². The summed E-state index contributed by atoms with van der Waals surface area (Å²) in [4.78, 5) is 10.3. The first-order chi connectivity index (χ1) is 5.97. The van der Waals surface area contributed by atoms with E-state index in [1.54, 1.807) is 6.92 Å². The van der Waals surface area contributed by atoms with E-state index < -0.39 is 24.0 Å². The number of aliphatic carboxylic acids is 1. The van der Waals surface area contributed by atoms with E-state index in [-0.39, 0.29) is 6.42 Å². The molecule has 0 aromatic heterocycles. The van der Waals surface area contributed by atoms with Gasteiger partial charge in [0.2, 0.25) is 0 Å². The van der Waals surface area contributed by atoms with Crippen LogP contribution >= 0.6 is 0 Å². The number of carboxylic acid groups (broad SMARTS) is 1. The van der Waals surface area contributed by atoms with Gasteiger partial charge in [-0.3, -0.25) is 4.79 Å². The molecule has 13 heavy (non-hydrogen) atoms. The number of halogens is 2. The van der Waals surface area contributed by atoms with Gasteiger partial charge in [0.1, 0.15) is 0 Å². The quantitative estimate of drug-likeness (QED) is 0.697. The van der Waals surface area contributed by atoms with Crippen LogP contribution in [0.3, 0.4) is 0 Å². The molecule has 2 unspecified atom stereocenters. The van der Waals surface area contributed by atoms with Gasteiger partial charge in [0.05, 0.1) is 6.42 Å². The Morgan fingerprint density at radius 3 is 2.46 bits per heavy atom. The average molecular weight is 193 g/mol. The Morgan fingerprint density at radius 1 is 1.62 bits per heavy atom. The van der Waals surface area contributed by atoms with Crippen molar-refractivity contribution in [1.29, 1.82) is 0 Å². The van der Waals surface area contributed by atoms with Crippen molar-refractivity contribution in [2.24, 2.45) is 11.7 Å². The second kappa shape index (κ2) is 5.64.